The molecule has 2 N–H and O–H groups in total. The molecule has 0 saturated heterocycles. The molecule has 0 amide bonds. The second-order valence-electron chi connectivity index (χ2n) is 6.89. The standard InChI is InChI=1S/C23H25ClN4O3S/c1-4-27(5-2)18-12-9-16(19(29)14-18)13-20(22(30)31)32-23-26-25-21(28(23)6-3)15-7-10-17(24)11-8-15/h7-14,29H,4-6H2,1-3H3,(H,30,31)/b20-13-. The van der Waals surface area contributed by atoms with E-state index >= 15 is 0 Å². The van der Waals surface area contributed by atoms with Crippen molar-refractivity contribution in [3.8, 4) is 17.1 Å². The number of aromatic hydroxyl groups is 1. The summed E-state index contributed by atoms with van der Waals surface area (Å²) in [4.78, 5) is 14.1. The highest BCUT2D eigenvalue weighted by Crippen LogP contribution is 2.33. The Bertz CT molecular complexity index is 1120. The number of benzene rings is 2. The minimum absolute atomic E-state index is 0.0209. The van der Waals surface area contributed by atoms with Gasteiger partial charge in [-0.05, 0) is 75.0 Å². The van der Waals surface area contributed by atoms with Crippen molar-refractivity contribution < 1.29 is 15.0 Å². The van der Waals surface area contributed by atoms with Gasteiger partial charge in [-0.2, -0.15) is 0 Å². The Kier molecular flexibility index (Phi) is 7.82. The van der Waals surface area contributed by atoms with E-state index in [9.17, 15) is 15.0 Å². The van der Waals surface area contributed by atoms with Gasteiger partial charge in [-0.15, -0.1) is 10.2 Å². The fourth-order valence-electron chi connectivity index (χ4n) is 3.28. The van der Waals surface area contributed by atoms with Crippen LogP contribution in [0.4, 0.5) is 5.69 Å². The molecule has 0 unspecified atom stereocenters. The van der Waals surface area contributed by atoms with Crippen LogP contribution in [0, 0.1) is 0 Å². The van der Waals surface area contributed by atoms with Crippen molar-refractivity contribution in [2.24, 2.45) is 0 Å². The summed E-state index contributed by atoms with van der Waals surface area (Å²) in [6.07, 6.45) is 1.45. The molecule has 3 rings (SSSR count). The molecule has 0 radical (unpaired) electrons. The number of aromatic nitrogens is 3. The lowest BCUT2D eigenvalue weighted by Gasteiger charge is -2.21. The lowest BCUT2D eigenvalue weighted by molar-refractivity contribution is -0.131. The van der Waals surface area contributed by atoms with E-state index in [0.717, 1.165) is 36.1 Å². The van der Waals surface area contributed by atoms with Crippen molar-refractivity contribution in [2.45, 2.75) is 32.5 Å². The predicted molar refractivity (Wildman–Crippen MR) is 129 cm³/mol. The number of aliphatic carboxylic acids is 1. The monoisotopic (exact) mass is 472 g/mol. The molecule has 0 fully saturated rings. The lowest BCUT2D eigenvalue weighted by atomic mass is 10.1. The van der Waals surface area contributed by atoms with Crippen molar-refractivity contribution >= 4 is 41.1 Å². The van der Waals surface area contributed by atoms with Crippen LogP contribution < -0.4 is 4.90 Å². The third kappa shape index (κ3) is 5.26. The topological polar surface area (TPSA) is 91.5 Å². The summed E-state index contributed by atoms with van der Waals surface area (Å²) in [5.74, 6) is -0.462. The van der Waals surface area contributed by atoms with Gasteiger partial charge in [0, 0.05) is 47.5 Å². The Hall–Kier alpha value is -2.97. The maximum atomic E-state index is 12.0. The molecule has 0 aliphatic rings. The molecule has 2 aromatic carbocycles. The summed E-state index contributed by atoms with van der Waals surface area (Å²) in [6, 6.07) is 12.5. The van der Waals surface area contributed by atoms with E-state index < -0.39 is 5.97 Å². The average molecular weight is 473 g/mol. The van der Waals surface area contributed by atoms with E-state index in [4.69, 9.17) is 11.6 Å². The Morgan fingerprint density at radius 3 is 2.38 bits per heavy atom. The summed E-state index contributed by atoms with van der Waals surface area (Å²) in [5.41, 5.74) is 2.14. The average Bonchev–Trinajstić information content (AvgIpc) is 3.18. The molecule has 0 saturated carbocycles. The zero-order valence-corrected chi connectivity index (χ0v) is 19.7. The normalized spacial score (nSPS) is 11.6. The largest absolute Gasteiger partial charge is 0.507 e. The maximum Gasteiger partial charge on any atom is 0.342 e. The smallest absolute Gasteiger partial charge is 0.342 e. The molecule has 168 valence electrons. The lowest BCUT2D eigenvalue weighted by Crippen LogP contribution is -2.21. The van der Waals surface area contributed by atoms with E-state index in [1.165, 1.54) is 6.08 Å². The second-order valence-corrected chi connectivity index (χ2v) is 8.33. The van der Waals surface area contributed by atoms with Gasteiger partial charge >= 0.3 is 5.97 Å². The van der Waals surface area contributed by atoms with Gasteiger partial charge in [-0.1, -0.05) is 11.6 Å². The van der Waals surface area contributed by atoms with E-state index in [1.807, 2.05) is 43.5 Å². The molecular weight excluding hydrogens is 448 g/mol. The first-order valence-corrected chi connectivity index (χ1v) is 11.5. The molecule has 0 spiro atoms. The second kappa shape index (κ2) is 10.6. The highest BCUT2D eigenvalue weighted by Gasteiger charge is 2.19. The SMILES string of the molecule is CCN(CC)c1ccc(/C=C(\Sc2nnc(-c3ccc(Cl)cc3)n2CC)C(=O)O)c(O)c1. The molecule has 0 atom stereocenters. The summed E-state index contributed by atoms with van der Waals surface area (Å²) < 4.78 is 1.84. The van der Waals surface area contributed by atoms with Crippen LogP contribution in [0.5, 0.6) is 5.75 Å². The van der Waals surface area contributed by atoms with Crippen LogP contribution in [0.25, 0.3) is 17.5 Å². The quantitative estimate of drug-likeness (QED) is 0.318. The molecule has 1 heterocycles. The number of hydrogen-bond donors (Lipinski definition) is 2. The number of hydrogen-bond acceptors (Lipinski definition) is 6. The van der Waals surface area contributed by atoms with Crippen molar-refractivity contribution in [1.29, 1.82) is 0 Å². The summed E-state index contributed by atoms with van der Waals surface area (Å²) in [6.45, 7) is 8.19. The fraction of sp³-hybridized carbons (Fsp3) is 0.261. The Balaban J connectivity index is 1.93. The van der Waals surface area contributed by atoms with Crippen molar-refractivity contribution in [2.75, 3.05) is 18.0 Å². The highest BCUT2D eigenvalue weighted by molar-refractivity contribution is 8.04. The fourth-order valence-corrected chi connectivity index (χ4v) is 4.28. The van der Waals surface area contributed by atoms with Gasteiger partial charge in [0.15, 0.2) is 11.0 Å². The molecule has 0 bridgehead atoms. The van der Waals surface area contributed by atoms with Gasteiger partial charge in [0.2, 0.25) is 0 Å². The first-order valence-electron chi connectivity index (χ1n) is 10.3. The molecule has 0 aliphatic heterocycles. The van der Waals surface area contributed by atoms with Crippen LogP contribution in [0.3, 0.4) is 0 Å². The van der Waals surface area contributed by atoms with Crippen LogP contribution in [0.2, 0.25) is 5.02 Å². The molecule has 3 aromatic rings. The molecule has 32 heavy (non-hydrogen) atoms. The Morgan fingerprint density at radius 1 is 1.12 bits per heavy atom. The predicted octanol–water partition coefficient (Wildman–Crippen LogP) is 5.39. The number of halogens is 1. The summed E-state index contributed by atoms with van der Waals surface area (Å²) >= 11 is 6.97. The number of nitrogens with zero attached hydrogens (tertiary/aromatic N) is 4. The Labute approximate surface area is 196 Å². The number of anilines is 1. The van der Waals surface area contributed by atoms with E-state index in [2.05, 4.69) is 15.1 Å². The number of carboxylic acids is 1. The van der Waals surface area contributed by atoms with Crippen LogP contribution in [0.1, 0.15) is 26.3 Å². The highest BCUT2D eigenvalue weighted by atomic mass is 35.5. The van der Waals surface area contributed by atoms with Crippen molar-refractivity contribution in [3.63, 3.8) is 0 Å². The molecular formula is C23H25ClN4O3S. The van der Waals surface area contributed by atoms with Crippen molar-refractivity contribution in [3.05, 3.63) is 58.0 Å². The van der Waals surface area contributed by atoms with Gasteiger partial charge in [0.05, 0.1) is 0 Å². The summed E-state index contributed by atoms with van der Waals surface area (Å²) in [7, 11) is 0. The third-order valence-electron chi connectivity index (χ3n) is 4.98. The van der Waals surface area contributed by atoms with Crippen LogP contribution in [-0.4, -0.2) is 44.0 Å². The molecule has 7 nitrogen and oxygen atoms in total. The van der Waals surface area contributed by atoms with Crippen LogP contribution in [0.15, 0.2) is 52.5 Å². The number of phenols is 1. The zero-order chi connectivity index (χ0) is 23.3. The van der Waals surface area contributed by atoms with Gasteiger partial charge < -0.3 is 19.7 Å². The van der Waals surface area contributed by atoms with Gasteiger partial charge in [-0.25, -0.2) is 4.79 Å². The molecule has 0 aliphatic carbocycles. The third-order valence-corrected chi connectivity index (χ3v) is 6.23. The number of phenolic OH excluding ortho intramolecular Hbond substituents is 1. The summed E-state index contributed by atoms with van der Waals surface area (Å²) in [5, 5.41) is 29.8. The molecule has 1 aromatic heterocycles. The number of rotatable bonds is 9. The first kappa shape index (κ1) is 23.7. The van der Waals surface area contributed by atoms with Crippen LogP contribution >= 0.6 is 23.4 Å². The molecule has 9 heteroatoms. The minimum atomic E-state index is -1.11. The van der Waals surface area contributed by atoms with E-state index in [1.54, 1.807) is 24.3 Å². The maximum absolute atomic E-state index is 12.0. The van der Waals surface area contributed by atoms with Gasteiger partial charge in [0.25, 0.3) is 0 Å². The minimum Gasteiger partial charge on any atom is -0.507 e. The Morgan fingerprint density at radius 2 is 1.81 bits per heavy atom. The van der Waals surface area contributed by atoms with E-state index in [-0.39, 0.29) is 10.7 Å². The number of thioether (sulfide) groups is 1. The number of carbonyl (C=O) groups is 1. The van der Waals surface area contributed by atoms with Gasteiger partial charge in [0.1, 0.15) is 10.7 Å². The first-order chi connectivity index (χ1) is 15.4. The van der Waals surface area contributed by atoms with E-state index in [0.29, 0.717) is 28.1 Å². The number of carboxylic acid groups (broad SMARTS) is 1. The van der Waals surface area contributed by atoms with Crippen LogP contribution in [-0.2, 0) is 11.3 Å². The van der Waals surface area contributed by atoms with Gasteiger partial charge in [-0.3, -0.25) is 0 Å². The zero-order valence-electron chi connectivity index (χ0n) is 18.1. The van der Waals surface area contributed by atoms with Crippen molar-refractivity contribution in [1.82, 2.24) is 14.8 Å².